The second-order valence-corrected chi connectivity index (χ2v) is 6.10. The number of ether oxygens (including phenoxy) is 2. The molecule has 2 aromatic carbocycles. The fourth-order valence-electron chi connectivity index (χ4n) is 2.38. The molecule has 0 N–H and O–H groups in total. The molecule has 2 nitrogen and oxygen atoms in total. The van der Waals surface area contributed by atoms with Crippen molar-refractivity contribution in [3.05, 3.63) is 36.4 Å². The summed E-state index contributed by atoms with van der Waals surface area (Å²) in [4.78, 5) is 0. The molecule has 0 spiro atoms. The van der Waals surface area contributed by atoms with Gasteiger partial charge in [-0.25, -0.2) is 0 Å². The van der Waals surface area contributed by atoms with Crippen LogP contribution in [-0.4, -0.2) is 23.7 Å². The van der Waals surface area contributed by atoms with Crippen LogP contribution in [0.1, 0.15) is 0 Å². The maximum Gasteiger partial charge on any atom is 0.119 e. The van der Waals surface area contributed by atoms with Gasteiger partial charge in [-0.2, -0.15) is 0 Å². The molecule has 1 aliphatic heterocycles. The van der Waals surface area contributed by atoms with Crippen molar-refractivity contribution in [2.75, 3.05) is 14.2 Å². The van der Waals surface area contributed by atoms with E-state index in [-0.39, 0.29) is 9.52 Å². The van der Waals surface area contributed by atoms with E-state index in [1.807, 2.05) is 0 Å². The summed E-state index contributed by atoms with van der Waals surface area (Å²) in [5, 5.41) is 2.99. The molecule has 0 aliphatic carbocycles. The van der Waals surface area contributed by atoms with Crippen molar-refractivity contribution in [1.82, 2.24) is 0 Å². The number of hydrogen-bond donors (Lipinski definition) is 0. The molecule has 0 aromatic heterocycles. The van der Waals surface area contributed by atoms with E-state index in [9.17, 15) is 0 Å². The highest BCUT2D eigenvalue weighted by molar-refractivity contribution is 6.73. The molecule has 0 amide bonds. The first-order valence-corrected chi connectivity index (χ1v) is 7.07. The van der Waals surface area contributed by atoms with Gasteiger partial charge in [-0.15, -0.1) is 0 Å². The van der Waals surface area contributed by atoms with Gasteiger partial charge in [0.25, 0.3) is 0 Å². The van der Waals surface area contributed by atoms with Crippen molar-refractivity contribution in [2.24, 2.45) is 0 Å². The summed E-state index contributed by atoms with van der Waals surface area (Å²) < 4.78 is 10.6. The molecule has 3 rings (SSSR count). The smallest absolute Gasteiger partial charge is 0.119 e. The molecular formula is C14H14O2Si. The number of methoxy groups -OCH3 is 2. The van der Waals surface area contributed by atoms with Gasteiger partial charge in [-0.1, -0.05) is 22.5 Å². The average Bonchev–Trinajstić information content (AvgIpc) is 2.75. The summed E-state index contributed by atoms with van der Waals surface area (Å²) in [6.07, 6.45) is 0. The van der Waals surface area contributed by atoms with Crippen molar-refractivity contribution in [2.45, 2.75) is 0 Å². The Morgan fingerprint density at radius 2 is 1.24 bits per heavy atom. The average molecular weight is 242 g/mol. The molecule has 0 bridgehead atoms. The maximum absolute atomic E-state index is 5.30. The van der Waals surface area contributed by atoms with E-state index in [4.69, 9.17) is 9.47 Å². The fraction of sp³-hybridized carbons (Fsp3) is 0.143. The third kappa shape index (κ3) is 1.63. The molecule has 0 saturated carbocycles. The molecule has 0 fully saturated rings. The van der Waals surface area contributed by atoms with Crippen molar-refractivity contribution in [1.29, 1.82) is 0 Å². The Kier molecular flexibility index (Phi) is 2.41. The lowest BCUT2D eigenvalue weighted by molar-refractivity contribution is 0.414. The van der Waals surface area contributed by atoms with Gasteiger partial charge in [-0.05, 0) is 35.4 Å². The molecule has 1 heterocycles. The second-order valence-electron chi connectivity index (χ2n) is 4.22. The zero-order valence-corrected chi connectivity index (χ0v) is 11.4. The minimum Gasteiger partial charge on any atom is -0.497 e. The van der Waals surface area contributed by atoms with Crippen molar-refractivity contribution in [3.8, 4) is 22.6 Å². The normalized spacial score (nSPS) is 11.9. The van der Waals surface area contributed by atoms with Crippen molar-refractivity contribution in [3.63, 3.8) is 0 Å². The van der Waals surface area contributed by atoms with Gasteiger partial charge in [0.15, 0.2) is 0 Å². The topological polar surface area (TPSA) is 18.5 Å². The van der Waals surface area contributed by atoms with Crippen LogP contribution in [0.4, 0.5) is 0 Å². The fourth-order valence-corrected chi connectivity index (χ4v) is 4.23. The Balaban J connectivity index is 2.17. The van der Waals surface area contributed by atoms with E-state index < -0.39 is 0 Å². The van der Waals surface area contributed by atoms with Crippen molar-refractivity contribution >= 4 is 19.9 Å². The van der Waals surface area contributed by atoms with Crippen LogP contribution in [0.15, 0.2) is 36.4 Å². The van der Waals surface area contributed by atoms with E-state index in [2.05, 4.69) is 36.4 Å². The summed E-state index contributed by atoms with van der Waals surface area (Å²) in [6.45, 7) is 0. The predicted octanol–water partition coefficient (Wildman–Crippen LogP) is 0.804. The highest BCUT2D eigenvalue weighted by atomic mass is 28.2. The van der Waals surface area contributed by atoms with Crippen LogP contribution in [-0.2, 0) is 0 Å². The Hall–Kier alpha value is -1.74. The summed E-state index contributed by atoms with van der Waals surface area (Å²) >= 11 is 0. The molecular weight excluding hydrogens is 228 g/mol. The Bertz CT molecular complexity index is 527. The van der Waals surface area contributed by atoms with E-state index in [0.717, 1.165) is 11.5 Å². The highest BCUT2D eigenvalue weighted by Crippen LogP contribution is 2.27. The first-order chi connectivity index (χ1) is 8.31. The van der Waals surface area contributed by atoms with Gasteiger partial charge in [0, 0.05) is 0 Å². The number of rotatable bonds is 2. The highest BCUT2D eigenvalue weighted by Gasteiger charge is 2.19. The van der Waals surface area contributed by atoms with Crippen LogP contribution < -0.4 is 19.8 Å². The van der Waals surface area contributed by atoms with Gasteiger partial charge in [0.2, 0.25) is 0 Å². The molecule has 17 heavy (non-hydrogen) atoms. The van der Waals surface area contributed by atoms with Crippen LogP contribution in [0.2, 0.25) is 0 Å². The first-order valence-electron chi connectivity index (χ1n) is 5.66. The SMILES string of the molecule is COc1ccc2c(c1)-c1cc(OC)ccc1[SiH2]2. The standard InChI is InChI=1S/C14H14O2Si/c1-15-9-3-5-13-11(7-9)12-8-10(16-2)4-6-14(12)17-13/h3-8H,17H2,1-2H3. The van der Waals surface area contributed by atoms with Gasteiger partial charge in [0.1, 0.15) is 11.5 Å². The minimum atomic E-state index is -0.318. The molecule has 0 radical (unpaired) electrons. The molecule has 3 heteroatoms. The molecule has 86 valence electrons. The molecule has 0 atom stereocenters. The molecule has 1 aliphatic rings. The molecule has 0 unspecified atom stereocenters. The molecule has 2 aromatic rings. The van der Waals surface area contributed by atoms with E-state index in [1.54, 1.807) is 14.2 Å². The van der Waals surface area contributed by atoms with Gasteiger partial charge in [-0.3, -0.25) is 0 Å². The zero-order valence-electron chi connectivity index (χ0n) is 9.99. The first kappa shape index (κ1) is 10.4. The van der Waals surface area contributed by atoms with Crippen molar-refractivity contribution < 1.29 is 9.47 Å². The Labute approximate surface area is 103 Å². The summed E-state index contributed by atoms with van der Waals surface area (Å²) in [7, 11) is 3.10. The lowest BCUT2D eigenvalue weighted by Gasteiger charge is -2.06. The number of hydrogen-bond acceptors (Lipinski definition) is 2. The summed E-state index contributed by atoms with van der Waals surface area (Å²) in [5.41, 5.74) is 2.65. The van der Waals surface area contributed by atoms with Crippen LogP contribution in [0.3, 0.4) is 0 Å². The number of fused-ring (bicyclic) bond motifs is 3. The molecule has 0 saturated heterocycles. The van der Waals surface area contributed by atoms with Gasteiger partial charge >= 0.3 is 0 Å². The van der Waals surface area contributed by atoms with Crippen LogP contribution in [0, 0.1) is 0 Å². The zero-order chi connectivity index (χ0) is 11.8. The Morgan fingerprint density at radius 1 is 0.765 bits per heavy atom. The monoisotopic (exact) mass is 242 g/mol. The summed E-state index contributed by atoms with van der Waals surface area (Å²) in [6, 6.07) is 12.8. The van der Waals surface area contributed by atoms with Gasteiger partial charge < -0.3 is 9.47 Å². The summed E-state index contributed by atoms with van der Waals surface area (Å²) in [5.74, 6) is 1.85. The van der Waals surface area contributed by atoms with E-state index >= 15 is 0 Å². The van der Waals surface area contributed by atoms with Crippen LogP contribution in [0.25, 0.3) is 11.1 Å². The largest absolute Gasteiger partial charge is 0.497 e. The maximum atomic E-state index is 5.30. The third-order valence-electron chi connectivity index (χ3n) is 3.31. The lowest BCUT2D eigenvalue weighted by Crippen LogP contribution is -2.20. The number of benzene rings is 2. The van der Waals surface area contributed by atoms with E-state index in [0.29, 0.717) is 0 Å². The third-order valence-corrected chi connectivity index (χ3v) is 5.30. The lowest BCUT2D eigenvalue weighted by atomic mass is 10.1. The Morgan fingerprint density at radius 3 is 1.65 bits per heavy atom. The minimum absolute atomic E-state index is 0.318. The van der Waals surface area contributed by atoms with Crippen LogP contribution in [0.5, 0.6) is 11.5 Å². The van der Waals surface area contributed by atoms with E-state index in [1.165, 1.54) is 21.5 Å². The van der Waals surface area contributed by atoms with Crippen LogP contribution >= 0.6 is 0 Å². The predicted molar refractivity (Wildman–Crippen MR) is 72.8 cm³/mol. The second kappa shape index (κ2) is 3.93. The quantitative estimate of drug-likeness (QED) is 0.619. The van der Waals surface area contributed by atoms with Gasteiger partial charge in [0.05, 0.1) is 23.7 Å².